The van der Waals surface area contributed by atoms with Crippen molar-refractivity contribution in [3.63, 3.8) is 0 Å². The van der Waals surface area contributed by atoms with E-state index in [1.54, 1.807) is 0 Å². The summed E-state index contributed by atoms with van der Waals surface area (Å²) >= 11 is 0. The number of aryl methyl sites for hydroxylation is 1. The first-order valence-electron chi connectivity index (χ1n) is 8.12. The van der Waals surface area contributed by atoms with Crippen molar-refractivity contribution < 1.29 is 4.52 Å². The zero-order valence-corrected chi connectivity index (χ0v) is 14.7. The van der Waals surface area contributed by atoms with Crippen LogP contribution in [0.25, 0.3) is 11.3 Å². The molecule has 0 spiro atoms. The minimum atomic E-state index is 0. The highest BCUT2D eigenvalue weighted by Gasteiger charge is 2.22. The number of benzene rings is 1. The molecule has 1 atom stereocenters. The van der Waals surface area contributed by atoms with E-state index in [-0.39, 0.29) is 12.4 Å². The molecule has 2 heterocycles. The second kappa shape index (κ2) is 7.95. The van der Waals surface area contributed by atoms with Crippen LogP contribution in [0.5, 0.6) is 0 Å². The molecule has 0 amide bonds. The topological polar surface area (TPSA) is 55.3 Å². The Bertz CT molecular complexity index is 601. The normalized spacial score (nSPS) is 17.7. The fraction of sp³-hybridized carbons (Fsp3) is 0.500. The van der Waals surface area contributed by atoms with Crippen LogP contribution in [-0.4, -0.2) is 29.2 Å². The zero-order valence-electron chi connectivity index (χ0n) is 13.9. The van der Waals surface area contributed by atoms with Crippen LogP contribution < -0.4 is 5.73 Å². The van der Waals surface area contributed by atoms with Gasteiger partial charge in [0.05, 0.1) is 6.54 Å². The molecule has 1 saturated heterocycles. The summed E-state index contributed by atoms with van der Waals surface area (Å²) in [5, 5.41) is 4.20. The molecule has 5 heteroatoms. The van der Waals surface area contributed by atoms with Gasteiger partial charge in [0.2, 0.25) is 0 Å². The first-order valence-corrected chi connectivity index (χ1v) is 8.12. The van der Waals surface area contributed by atoms with Crippen molar-refractivity contribution in [2.45, 2.75) is 39.3 Å². The molecular weight excluding hydrogens is 310 g/mol. The molecule has 2 aromatic rings. The van der Waals surface area contributed by atoms with Crippen molar-refractivity contribution in [2.75, 3.05) is 13.1 Å². The summed E-state index contributed by atoms with van der Waals surface area (Å²) in [5.41, 5.74) is 9.28. The molecule has 3 rings (SSSR count). The summed E-state index contributed by atoms with van der Waals surface area (Å²) in [7, 11) is 0. The molecule has 2 N–H and O–H groups in total. The number of aromatic nitrogens is 1. The monoisotopic (exact) mass is 335 g/mol. The number of likely N-dealkylation sites (tertiary alicyclic amines) is 1. The van der Waals surface area contributed by atoms with Gasteiger partial charge in [-0.05, 0) is 45.7 Å². The van der Waals surface area contributed by atoms with Gasteiger partial charge in [0.15, 0.2) is 5.76 Å². The maximum atomic E-state index is 6.00. The second-order valence-corrected chi connectivity index (χ2v) is 6.52. The van der Waals surface area contributed by atoms with E-state index >= 15 is 0 Å². The lowest BCUT2D eigenvalue weighted by Crippen LogP contribution is -2.39. The van der Waals surface area contributed by atoms with E-state index in [4.69, 9.17) is 10.3 Å². The molecule has 1 aromatic heterocycles. The highest BCUT2D eigenvalue weighted by Crippen LogP contribution is 2.23. The van der Waals surface area contributed by atoms with Gasteiger partial charge in [0.25, 0.3) is 0 Å². The minimum absolute atomic E-state index is 0. The molecular formula is C18H26ClN3O. The predicted molar refractivity (Wildman–Crippen MR) is 95.6 cm³/mol. The molecule has 4 nitrogen and oxygen atoms in total. The van der Waals surface area contributed by atoms with Crippen LogP contribution in [0, 0.1) is 12.8 Å². The van der Waals surface area contributed by atoms with Gasteiger partial charge >= 0.3 is 0 Å². The highest BCUT2D eigenvalue weighted by molar-refractivity contribution is 5.85. The van der Waals surface area contributed by atoms with Crippen molar-refractivity contribution in [1.29, 1.82) is 0 Å². The lowest BCUT2D eigenvalue weighted by molar-refractivity contribution is 0.152. The third kappa shape index (κ3) is 4.56. The molecule has 1 aliphatic heterocycles. The maximum absolute atomic E-state index is 6.00. The summed E-state index contributed by atoms with van der Waals surface area (Å²) in [4.78, 5) is 2.43. The largest absolute Gasteiger partial charge is 0.359 e. The van der Waals surface area contributed by atoms with Crippen LogP contribution in [0.2, 0.25) is 0 Å². The van der Waals surface area contributed by atoms with E-state index < -0.39 is 0 Å². The molecule has 1 aromatic carbocycles. The Hall–Kier alpha value is -1.36. The van der Waals surface area contributed by atoms with Crippen molar-refractivity contribution >= 4 is 12.4 Å². The Balaban J connectivity index is 0.00000192. The Morgan fingerprint density at radius 1 is 1.26 bits per heavy atom. The van der Waals surface area contributed by atoms with Crippen LogP contribution in [0.4, 0.5) is 0 Å². The number of nitrogens with two attached hydrogens (primary N) is 1. The molecule has 1 fully saturated rings. The SMILES string of the molecule is Cc1ccc(-c2cc(CN3CCC(C(C)N)CC3)on2)cc1.Cl. The van der Waals surface area contributed by atoms with E-state index in [0.29, 0.717) is 12.0 Å². The number of piperidine rings is 1. The van der Waals surface area contributed by atoms with E-state index in [2.05, 4.69) is 54.2 Å². The van der Waals surface area contributed by atoms with Gasteiger partial charge in [-0.3, -0.25) is 4.90 Å². The number of hydrogen-bond donors (Lipinski definition) is 1. The standard InChI is InChI=1S/C18H25N3O.ClH/c1-13-3-5-16(6-4-13)18-11-17(22-20-18)12-21-9-7-15(8-10-21)14(2)19;/h3-6,11,14-15H,7-10,12,19H2,1-2H3;1H. The van der Waals surface area contributed by atoms with E-state index in [9.17, 15) is 0 Å². The smallest absolute Gasteiger partial charge is 0.151 e. The van der Waals surface area contributed by atoms with Crippen LogP contribution in [0.15, 0.2) is 34.9 Å². The molecule has 0 bridgehead atoms. The maximum Gasteiger partial charge on any atom is 0.151 e. The van der Waals surface area contributed by atoms with Crippen LogP contribution in [-0.2, 0) is 6.54 Å². The Morgan fingerprint density at radius 2 is 1.91 bits per heavy atom. The third-order valence-corrected chi connectivity index (χ3v) is 4.66. The van der Waals surface area contributed by atoms with Crippen molar-refractivity contribution in [1.82, 2.24) is 10.1 Å². The average molecular weight is 336 g/mol. The lowest BCUT2D eigenvalue weighted by Gasteiger charge is -2.32. The molecule has 23 heavy (non-hydrogen) atoms. The average Bonchev–Trinajstić information content (AvgIpc) is 2.97. The van der Waals surface area contributed by atoms with Crippen molar-refractivity contribution in [2.24, 2.45) is 11.7 Å². The summed E-state index contributed by atoms with van der Waals surface area (Å²) < 4.78 is 5.51. The molecule has 1 aliphatic rings. The fourth-order valence-electron chi connectivity index (χ4n) is 3.11. The Kier molecular flexibility index (Phi) is 6.22. The van der Waals surface area contributed by atoms with Gasteiger partial charge in [-0.1, -0.05) is 35.0 Å². The van der Waals surface area contributed by atoms with Gasteiger partial charge in [-0.2, -0.15) is 0 Å². The van der Waals surface area contributed by atoms with Crippen molar-refractivity contribution in [3.8, 4) is 11.3 Å². The van der Waals surface area contributed by atoms with Crippen molar-refractivity contribution in [3.05, 3.63) is 41.7 Å². The van der Waals surface area contributed by atoms with Gasteiger partial charge in [0, 0.05) is 17.7 Å². The van der Waals surface area contributed by atoms with Gasteiger partial charge < -0.3 is 10.3 Å². The summed E-state index contributed by atoms with van der Waals surface area (Å²) in [5.74, 6) is 1.60. The second-order valence-electron chi connectivity index (χ2n) is 6.52. The van der Waals surface area contributed by atoms with E-state index in [0.717, 1.165) is 36.7 Å². The summed E-state index contributed by atoms with van der Waals surface area (Å²) in [6.07, 6.45) is 2.35. The molecule has 1 unspecified atom stereocenters. The Labute approximate surface area is 144 Å². The molecule has 0 aliphatic carbocycles. The third-order valence-electron chi connectivity index (χ3n) is 4.66. The summed E-state index contributed by atoms with van der Waals surface area (Å²) in [6.45, 7) is 7.22. The van der Waals surface area contributed by atoms with Gasteiger partial charge in [0.1, 0.15) is 5.69 Å². The number of rotatable bonds is 4. The fourth-order valence-corrected chi connectivity index (χ4v) is 3.11. The number of halogens is 1. The first kappa shape index (κ1) is 18.0. The van der Waals surface area contributed by atoms with Crippen LogP contribution >= 0.6 is 12.4 Å². The number of hydrogen-bond acceptors (Lipinski definition) is 4. The first-order chi connectivity index (χ1) is 10.6. The van der Waals surface area contributed by atoms with Gasteiger partial charge in [-0.15, -0.1) is 12.4 Å². The predicted octanol–water partition coefficient (Wildman–Crippen LogP) is 3.63. The summed E-state index contributed by atoms with van der Waals surface area (Å²) in [6, 6.07) is 10.7. The molecule has 126 valence electrons. The lowest BCUT2D eigenvalue weighted by atomic mass is 9.91. The zero-order chi connectivity index (χ0) is 15.5. The van der Waals surface area contributed by atoms with Gasteiger partial charge in [-0.25, -0.2) is 0 Å². The van der Waals surface area contributed by atoms with Crippen LogP contribution in [0.3, 0.4) is 0 Å². The van der Waals surface area contributed by atoms with E-state index in [1.807, 2.05) is 0 Å². The molecule has 0 saturated carbocycles. The minimum Gasteiger partial charge on any atom is -0.359 e. The van der Waals surface area contributed by atoms with Crippen LogP contribution in [0.1, 0.15) is 31.1 Å². The quantitative estimate of drug-likeness (QED) is 0.927. The van der Waals surface area contributed by atoms with E-state index in [1.165, 1.54) is 18.4 Å². The highest BCUT2D eigenvalue weighted by atomic mass is 35.5. The Morgan fingerprint density at radius 3 is 2.52 bits per heavy atom. The molecule has 0 radical (unpaired) electrons. The number of nitrogens with zero attached hydrogens (tertiary/aromatic N) is 2.